The minimum atomic E-state index is -0.632. The third kappa shape index (κ3) is 6.38. The zero-order valence-corrected chi connectivity index (χ0v) is 18.5. The van der Waals surface area contributed by atoms with Crippen molar-refractivity contribution < 1.29 is 14.3 Å². The molecule has 0 bridgehead atoms. The number of rotatable bonds is 7. The molecule has 1 saturated carbocycles. The van der Waals surface area contributed by atoms with Gasteiger partial charge in [0.25, 0.3) is 0 Å². The zero-order chi connectivity index (χ0) is 19.9. The van der Waals surface area contributed by atoms with E-state index in [2.05, 4.69) is 33.0 Å². The second kappa shape index (κ2) is 10.5. The molecule has 1 aromatic rings. The number of carbonyl (C=O) groups excluding carboxylic acids is 1. The molecule has 1 aromatic carbocycles. The molecular formula is C22H33BrN2O3. The molecule has 0 unspecified atom stereocenters. The lowest BCUT2D eigenvalue weighted by molar-refractivity contribution is 0.0669. The van der Waals surface area contributed by atoms with Gasteiger partial charge in [0, 0.05) is 4.47 Å². The summed E-state index contributed by atoms with van der Waals surface area (Å²) in [7, 11) is 1.72. The number of likely N-dealkylation sites (tertiary alicyclic amines) is 1. The van der Waals surface area contributed by atoms with Crippen molar-refractivity contribution in [2.24, 2.45) is 17.6 Å². The third-order valence-corrected chi connectivity index (χ3v) is 7.17. The summed E-state index contributed by atoms with van der Waals surface area (Å²) in [5, 5.41) is 0. The number of carbonyl (C=O) groups is 1. The fourth-order valence-electron chi connectivity index (χ4n) is 4.63. The maximum Gasteiger partial charge on any atom is 0.404 e. The molecule has 1 heterocycles. The molecule has 6 heteroatoms. The van der Waals surface area contributed by atoms with E-state index in [1.807, 2.05) is 6.07 Å². The maximum absolute atomic E-state index is 10.9. The van der Waals surface area contributed by atoms with Gasteiger partial charge in [-0.3, -0.25) is 0 Å². The number of nitrogens with two attached hydrogens (primary N) is 1. The van der Waals surface area contributed by atoms with Crippen LogP contribution in [0.4, 0.5) is 4.79 Å². The predicted molar refractivity (Wildman–Crippen MR) is 115 cm³/mol. The smallest absolute Gasteiger partial charge is 0.404 e. The summed E-state index contributed by atoms with van der Waals surface area (Å²) >= 11 is 3.68. The Balaban J connectivity index is 1.35. The van der Waals surface area contributed by atoms with Crippen LogP contribution >= 0.6 is 15.9 Å². The minimum Gasteiger partial charge on any atom is -0.497 e. The second-order valence-electron chi connectivity index (χ2n) is 8.31. The van der Waals surface area contributed by atoms with Gasteiger partial charge in [-0.05, 0) is 107 Å². The summed E-state index contributed by atoms with van der Waals surface area (Å²) < 4.78 is 11.7. The molecular weight excluding hydrogens is 420 g/mol. The molecule has 2 aliphatic rings. The second-order valence-corrected chi connectivity index (χ2v) is 9.17. The predicted octanol–water partition coefficient (Wildman–Crippen LogP) is 4.76. The Kier molecular flexibility index (Phi) is 8.03. The van der Waals surface area contributed by atoms with Gasteiger partial charge in [0.2, 0.25) is 0 Å². The summed E-state index contributed by atoms with van der Waals surface area (Å²) in [5.41, 5.74) is 6.47. The van der Waals surface area contributed by atoms with E-state index in [9.17, 15) is 4.79 Å². The number of ether oxygens (including phenoxy) is 2. The highest BCUT2D eigenvalue weighted by atomic mass is 79.9. The van der Waals surface area contributed by atoms with E-state index in [4.69, 9.17) is 15.2 Å². The quantitative estimate of drug-likeness (QED) is 0.647. The molecule has 3 rings (SSSR count). The lowest BCUT2D eigenvalue weighted by Gasteiger charge is -2.34. The van der Waals surface area contributed by atoms with Crippen LogP contribution in [0.25, 0.3) is 0 Å². The van der Waals surface area contributed by atoms with Crippen LogP contribution in [-0.4, -0.2) is 43.8 Å². The van der Waals surface area contributed by atoms with Gasteiger partial charge in [-0.2, -0.15) is 0 Å². The van der Waals surface area contributed by atoms with Gasteiger partial charge in [0.15, 0.2) is 0 Å². The molecule has 0 atom stereocenters. The fourth-order valence-corrected chi connectivity index (χ4v) is 5.04. The average molecular weight is 453 g/mol. The topological polar surface area (TPSA) is 64.8 Å². The van der Waals surface area contributed by atoms with Gasteiger partial charge in [-0.15, -0.1) is 0 Å². The molecule has 1 saturated heterocycles. The number of hydrogen-bond donors (Lipinski definition) is 1. The van der Waals surface area contributed by atoms with Crippen LogP contribution in [-0.2, 0) is 11.2 Å². The van der Waals surface area contributed by atoms with Gasteiger partial charge in [0.1, 0.15) is 11.9 Å². The highest BCUT2D eigenvalue weighted by molar-refractivity contribution is 9.10. The molecule has 2 fully saturated rings. The van der Waals surface area contributed by atoms with Crippen molar-refractivity contribution in [3.63, 3.8) is 0 Å². The van der Waals surface area contributed by atoms with Gasteiger partial charge < -0.3 is 20.1 Å². The van der Waals surface area contributed by atoms with Gasteiger partial charge in [-0.25, -0.2) is 4.79 Å². The normalized spacial score (nSPS) is 24.1. The molecule has 1 aliphatic heterocycles. The molecule has 1 amide bonds. The Morgan fingerprint density at radius 1 is 1.14 bits per heavy atom. The van der Waals surface area contributed by atoms with Crippen molar-refractivity contribution in [3.8, 4) is 5.75 Å². The van der Waals surface area contributed by atoms with E-state index in [1.54, 1.807) is 7.11 Å². The maximum atomic E-state index is 10.9. The number of halogens is 1. The first-order chi connectivity index (χ1) is 13.5. The van der Waals surface area contributed by atoms with Crippen molar-refractivity contribution in [2.45, 2.75) is 57.5 Å². The molecule has 0 radical (unpaired) electrons. The molecule has 0 aromatic heterocycles. The van der Waals surface area contributed by atoms with Crippen molar-refractivity contribution in [1.82, 2.24) is 4.90 Å². The van der Waals surface area contributed by atoms with Crippen LogP contribution in [0.15, 0.2) is 22.7 Å². The Hall–Kier alpha value is -1.27. The SMILES string of the molecule is COc1ccc(Br)c(CC2CCN(CCC3CCC(OC(N)=O)CC3)CC2)c1. The number of amides is 1. The Bertz CT molecular complexity index is 639. The first-order valence-electron chi connectivity index (χ1n) is 10.5. The number of benzene rings is 1. The lowest BCUT2D eigenvalue weighted by atomic mass is 9.84. The average Bonchev–Trinajstić information content (AvgIpc) is 2.70. The van der Waals surface area contributed by atoms with Gasteiger partial charge >= 0.3 is 6.09 Å². The molecule has 1 aliphatic carbocycles. The van der Waals surface area contributed by atoms with Gasteiger partial charge in [-0.1, -0.05) is 15.9 Å². The largest absolute Gasteiger partial charge is 0.497 e. The van der Waals surface area contributed by atoms with E-state index in [0.29, 0.717) is 0 Å². The summed E-state index contributed by atoms with van der Waals surface area (Å²) in [6.45, 7) is 3.60. The number of piperidine rings is 1. The molecule has 28 heavy (non-hydrogen) atoms. The monoisotopic (exact) mass is 452 g/mol. The zero-order valence-electron chi connectivity index (χ0n) is 16.9. The number of methoxy groups -OCH3 is 1. The summed E-state index contributed by atoms with van der Waals surface area (Å²) in [6, 6.07) is 6.25. The van der Waals surface area contributed by atoms with E-state index >= 15 is 0 Å². The lowest BCUT2D eigenvalue weighted by Crippen LogP contribution is -2.36. The third-order valence-electron chi connectivity index (χ3n) is 6.40. The van der Waals surface area contributed by atoms with Crippen LogP contribution < -0.4 is 10.5 Å². The van der Waals surface area contributed by atoms with Crippen molar-refractivity contribution >= 4 is 22.0 Å². The molecule has 2 N–H and O–H groups in total. The molecule has 0 spiro atoms. The number of primary amides is 1. The Morgan fingerprint density at radius 3 is 2.50 bits per heavy atom. The van der Waals surface area contributed by atoms with Crippen molar-refractivity contribution in [1.29, 1.82) is 0 Å². The number of nitrogens with zero attached hydrogens (tertiary/aromatic N) is 1. The minimum absolute atomic E-state index is 0.0421. The van der Waals surface area contributed by atoms with Crippen LogP contribution in [0.2, 0.25) is 0 Å². The van der Waals surface area contributed by atoms with E-state index < -0.39 is 6.09 Å². The standard InChI is InChI=1S/C22H33BrN2O3/c1-27-20-6-7-21(23)18(15-20)14-17-9-12-25(13-10-17)11-8-16-2-4-19(5-3-16)28-22(24)26/h6-7,15-17,19H,2-5,8-14H2,1H3,(H2,24,26). The van der Waals surface area contributed by atoms with E-state index in [1.165, 1.54) is 48.9 Å². The first-order valence-corrected chi connectivity index (χ1v) is 11.3. The summed E-state index contributed by atoms with van der Waals surface area (Å²) in [6.07, 6.45) is 8.55. The highest BCUT2D eigenvalue weighted by Crippen LogP contribution is 2.31. The number of hydrogen-bond acceptors (Lipinski definition) is 4. The molecule has 156 valence electrons. The van der Waals surface area contributed by atoms with Crippen LogP contribution in [0, 0.1) is 11.8 Å². The van der Waals surface area contributed by atoms with Crippen LogP contribution in [0.3, 0.4) is 0 Å². The van der Waals surface area contributed by atoms with Crippen LogP contribution in [0.5, 0.6) is 5.75 Å². The van der Waals surface area contributed by atoms with Gasteiger partial charge in [0.05, 0.1) is 7.11 Å². The molecule has 5 nitrogen and oxygen atoms in total. The Morgan fingerprint density at radius 2 is 1.86 bits per heavy atom. The van der Waals surface area contributed by atoms with Crippen LogP contribution in [0.1, 0.15) is 50.5 Å². The Labute approximate surface area is 177 Å². The summed E-state index contributed by atoms with van der Waals surface area (Å²) in [5.74, 6) is 2.45. The first kappa shape index (κ1) is 21.4. The van der Waals surface area contributed by atoms with Crippen molar-refractivity contribution in [2.75, 3.05) is 26.7 Å². The highest BCUT2D eigenvalue weighted by Gasteiger charge is 2.25. The summed E-state index contributed by atoms with van der Waals surface area (Å²) in [4.78, 5) is 13.5. The van der Waals surface area contributed by atoms with Crippen molar-refractivity contribution in [3.05, 3.63) is 28.2 Å². The van der Waals surface area contributed by atoms with E-state index in [-0.39, 0.29) is 6.10 Å². The van der Waals surface area contributed by atoms with E-state index in [0.717, 1.165) is 49.7 Å². The fraction of sp³-hybridized carbons (Fsp3) is 0.682.